The van der Waals surface area contributed by atoms with E-state index in [4.69, 9.17) is 0 Å². The highest BCUT2D eigenvalue weighted by atomic mass is 14.9. The molecule has 1 nitrogen and oxygen atoms in total. The Morgan fingerprint density at radius 1 is 0.850 bits per heavy atom. The van der Waals surface area contributed by atoms with Crippen molar-refractivity contribution in [1.29, 1.82) is 0 Å². The summed E-state index contributed by atoms with van der Waals surface area (Å²) < 4.78 is 0. The maximum absolute atomic E-state index is 3.95. The Bertz CT molecular complexity index is 261. The molecule has 0 aromatic heterocycles. The lowest BCUT2D eigenvalue weighted by Gasteiger charge is -2.37. The quantitative estimate of drug-likeness (QED) is 0.664. The van der Waals surface area contributed by atoms with Crippen molar-refractivity contribution in [2.45, 2.75) is 97.4 Å². The zero-order valence-electron chi connectivity index (χ0n) is 14.2. The van der Waals surface area contributed by atoms with Gasteiger partial charge in [0, 0.05) is 6.04 Å². The summed E-state index contributed by atoms with van der Waals surface area (Å²) in [6, 6.07) is 0.801. The van der Waals surface area contributed by atoms with Crippen LogP contribution in [-0.2, 0) is 0 Å². The topological polar surface area (TPSA) is 12.0 Å². The zero-order valence-corrected chi connectivity index (χ0v) is 14.2. The molecule has 2 unspecified atom stereocenters. The molecule has 20 heavy (non-hydrogen) atoms. The van der Waals surface area contributed by atoms with E-state index in [1.165, 1.54) is 77.2 Å². The molecule has 1 saturated heterocycles. The van der Waals surface area contributed by atoms with Crippen LogP contribution in [0.2, 0.25) is 0 Å². The summed E-state index contributed by atoms with van der Waals surface area (Å²) in [6.07, 6.45) is 16.0. The zero-order chi connectivity index (χ0) is 14.4. The van der Waals surface area contributed by atoms with Gasteiger partial charge in [-0.05, 0) is 55.9 Å². The van der Waals surface area contributed by atoms with Crippen molar-refractivity contribution in [2.24, 2.45) is 17.3 Å². The number of rotatable bonds is 1. The van der Waals surface area contributed by atoms with Gasteiger partial charge in [0.15, 0.2) is 0 Å². The minimum Gasteiger partial charge on any atom is -0.313 e. The van der Waals surface area contributed by atoms with Crippen LogP contribution in [-0.4, -0.2) is 12.6 Å². The summed E-state index contributed by atoms with van der Waals surface area (Å²) >= 11 is 0. The van der Waals surface area contributed by atoms with E-state index in [0.717, 1.165) is 17.9 Å². The number of hydrogen-bond donors (Lipinski definition) is 1. The van der Waals surface area contributed by atoms with Crippen molar-refractivity contribution in [3.63, 3.8) is 0 Å². The summed E-state index contributed by atoms with van der Waals surface area (Å²) in [5.74, 6) is 1.79. The fourth-order valence-corrected chi connectivity index (χ4v) is 4.59. The van der Waals surface area contributed by atoms with E-state index in [1.54, 1.807) is 0 Å². The summed E-state index contributed by atoms with van der Waals surface area (Å²) in [7, 11) is 0. The number of nitrogens with one attached hydrogen (secondary N) is 1. The molecule has 0 bridgehead atoms. The second-order valence-electron chi connectivity index (χ2n) is 8.49. The van der Waals surface area contributed by atoms with Crippen molar-refractivity contribution in [3.8, 4) is 0 Å². The fraction of sp³-hybridized carbons (Fsp3) is 1.00. The Balaban J connectivity index is 1.93. The van der Waals surface area contributed by atoms with Crippen LogP contribution >= 0.6 is 0 Å². The third kappa shape index (κ3) is 5.39. The lowest BCUT2D eigenvalue weighted by molar-refractivity contribution is 0.175. The third-order valence-corrected chi connectivity index (χ3v) is 5.73. The monoisotopic (exact) mass is 279 g/mol. The van der Waals surface area contributed by atoms with E-state index >= 15 is 0 Å². The standard InChI is InChI=1S/C19H37N/c1-16-14-19(2,3)13-12-18(20-15-16)17-10-8-6-4-5-7-9-11-17/h16-18,20H,4-15H2,1-3H3. The summed E-state index contributed by atoms with van der Waals surface area (Å²) in [4.78, 5) is 0. The Labute approximate surface area is 127 Å². The average molecular weight is 280 g/mol. The average Bonchev–Trinajstić information content (AvgIpc) is 2.50. The minimum absolute atomic E-state index is 0.554. The van der Waals surface area contributed by atoms with Gasteiger partial charge in [-0.2, -0.15) is 0 Å². The van der Waals surface area contributed by atoms with Gasteiger partial charge in [0.1, 0.15) is 0 Å². The molecule has 2 fully saturated rings. The SMILES string of the molecule is CC1CNC(C2CCCCCCCC2)CCC(C)(C)C1. The van der Waals surface area contributed by atoms with Gasteiger partial charge in [-0.3, -0.25) is 0 Å². The molecule has 1 heterocycles. The first kappa shape index (κ1) is 16.3. The van der Waals surface area contributed by atoms with Crippen LogP contribution in [0.4, 0.5) is 0 Å². The Morgan fingerprint density at radius 3 is 2.10 bits per heavy atom. The summed E-state index contributed by atoms with van der Waals surface area (Å²) in [5.41, 5.74) is 0.554. The molecule has 1 aliphatic heterocycles. The predicted octanol–water partition coefficient (Wildman–Crippen LogP) is 5.54. The van der Waals surface area contributed by atoms with Gasteiger partial charge in [0.25, 0.3) is 0 Å². The van der Waals surface area contributed by atoms with Gasteiger partial charge in [-0.25, -0.2) is 0 Å². The maximum Gasteiger partial charge on any atom is 0.00956 e. The van der Waals surface area contributed by atoms with Gasteiger partial charge >= 0.3 is 0 Å². The van der Waals surface area contributed by atoms with E-state index in [-0.39, 0.29) is 0 Å². The Morgan fingerprint density at radius 2 is 1.45 bits per heavy atom. The highest BCUT2D eigenvalue weighted by Crippen LogP contribution is 2.35. The molecule has 2 aliphatic rings. The molecule has 2 atom stereocenters. The van der Waals surface area contributed by atoms with Gasteiger partial charge < -0.3 is 5.32 Å². The van der Waals surface area contributed by atoms with E-state index < -0.39 is 0 Å². The largest absolute Gasteiger partial charge is 0.313 e. The molecule has 0 spiro atoms. The first-order chi connectivity index (χ1) is 9.57. The first-order valence-electron chi connectivity index (χ1n) is 9.30. The van der Waals surface area contributed by atoms with Crippen LogP contribution in [0.5, 0.6) is 0 Å². The molecule has 1 heteroatoms. The Hall–Kier alpha value is -0.0400. The first-order valence-corrected chi connectivity index (χ1v) is 9.30. The molecule has 2 rings (SSSR count). The van der Waals surface area contributed by atoms with Crippen LogP contribution < -0.4 is 5.32 Å². The molecule has 1 aliphatic carbocycles. The lowest BCUT2D eigenvalue weighted by Crippen LogP contribution is -2.42. The van der Waals surface area contributed by atoms with Crippen molar-refractivity contribution >= 4 is 0 Å². The molecule has 0 amide bonds. The van der Waals surface area contributed by atoms with Crippen molar-refractivity contribution in [1.82, 2.24) is 5.32 Å². The van der Waals surface area contributed by atoms with E-state index in [0.29, 0.717) is 5.41 Å². The van der Waals surface area contributed by atoms with Gasteiger partial charge in [-0.15, -0.1) is 0 Å². The molecule has 0 radical (unpaired) electrons. The second-order valence-corrected chi connectivity index (χ2v) is 8.49. The molecule has 118 valence electrons. The van der Waals surface area contributed by atoms with Crippen LogP contribution in [0.1, 0.15) is 91.4 Å². The van der Waals surface area contributed by atoms with Crippen LogP contribution in [0.3, 0.4) is 0 Å². The molecular formula is C19H37N. The third-order valence-electron chi connectivity index (χ3n) is 5.73. The van der Waals surface area contributed by atoms with Gasteiger partial charge in [0.2, 0.25) is 0 Å². The molecular weight excluding hydrogens is 242 g/mol. The smallest absolute Gasteiger partial charge is 0.00956 e. The van der Waals surface area contributed by atoms with E-state index in [2.05, 4.69) is 26.1 Å². The highest BCUT2D eigenvalue weighted by molar-refractivity contribution is 4.85. The van der Waals surface area contributed by atoms with Crippen LogP contribution in [0, 0.1) is 17.3 Å². The lowest BCUT2D eigenvalue weighted by atomic mass is 9.75. The normalized spacial score (nSPS) is 34.4. The van der Waals surface area contributed by atoms with Crippen LogP contribution in [0.15, 0.2) is 0 Å². The van der Waals surface area contributed by atoms with Crippen molar-refractivity contribution in [3.05, 3.63) is 0 Å². The Kier molecular flexibility index (Phi) is 6.39. The molecule has 0 aromatic rings. The van der Waals surface area contributed by atoms with E-state index in [1.807, 2.05) is 0 Å². The highest BCUT2D eigenvalue weighted by Gasteiger charge is 2.29. The molecule has 0 aromatic carbocycles. The van der Waals surface area contributed by atoms with Gasteiger partial charge in [-0.1, -0.05) is 59.3 Å². The second kappa shape index (κ2) is 7.82. The number of hydrogen-bond acceptors (Lipinski definition) is 1. The summed E-state index contributed by atoms with van der Waals surface area (Å²) in [5, 5.41) is 3.95. The van der Waals surface area contributed by atoms with Crippen LogP contribution in [0.25, 0.3) is 0 Å². The predicted molar refractivity (Wildman–Crippen MR) is 89.0 cm³/mol. The maximum atomic E-state index is 3.95. The summed E-state index contributed by atoms with van der Waals surface area (Å²) in [6.45, 7) is 8.63. The van der Waals surface area contributed by atoms with Gasteiger partial charge in [0.05, 0.1) is 0 Å². The van der Waals surface area contributed by atoms with Crippen molar-refractivity contribution in [2.75, 3.05) is 6.54 Å². The molecule has 1 N–H and O–H groups in total. The fourth-order valence-electron chi connectivity index (χ4n) is 4.59. The van der Waals surface area contributed by atoms with E-state index in [9.17, 15) is 0 Å². The van der Waals surface area contributed by atoms with Crippen molar-refractivity contribution < 1.29 is 0 Å². The minimum atomic E-state index is 0.554. The molecule has 1 saturated carbocycles.